The summed E-state index contributed by atoms with van der Waals surface area (Å²) in [5, 5.41) is 15.6. The average molecular weight is 292 g/mol. The second-order valence-corrected chi connectivity index (χ2v) is 6.12. The van der Waals surface area contributed by atoms with Gasteiger partial charge in [0.2, 0.25) is 0 Å². The van der Waals surface area contributed by atoms with Crippen molar-refractivity contribution < 1.29 is 4.92 Å². The smallest absolute Gasteiger partial charge is 0.294 e. The number of nitro benzene ring substituents is 1. The third-order valence-electron chi connectivity index (χ3n) is 3.47. The zero-order chi connectivity index (χ0) is 14.1. The van der Waals surface area contributed by atoms with E-state index in [-0.39, 0.29) is 10.6 Å². The molecule has 1 N–H and O–H groups in total. The molecule has 0 amide bonds. The van der Waals surface area contributed by atoms with E-state index in [0.29, 0.717) is 5.69 Å². The summed E-state index contributed by atoms with van der Waals surface area (Å²) in [5.41, 5.74) is 1.73. The lowest BCUT2D eigenvalue weighted by atomic mass is 10.2. The minimum absolute atomic E-state index is 0.183. The number of hydrogen-bond donors (Lipinski definition) is 1. The largest absolute Gasteiger partial charge is 0.365 e. The van der Waals surface area contributed by atoms with E-state index < -0.39 is 0 Å². The highest BCUT2D eigenvalue weighted by atomic mass is 32.1. The molecule has 2 heterocycles. The number of nitrogens with zero attached hydrogens (tertiary/aromatic N) is 3. The van der Waals surface area contributed by atoms with Gasteiger partial charge in [0.25, 0.3) is 5.69 Å². The Hall–Kier alpha value is -1.73. The van der Waals surface area contributed by atoms with Crippen molar-refractivity contribution in [2.45, 2.75) is 13.3 Å². The summed E-state index contributed by atoms with van der Waals surface area (Å²) in [5.74, 6) is 0. The van der Waals surface area contributed by atoms with Gasteiger partial charge >= 0.3 is 0 Å². The highest BCUT2D eigenvalue weighted by Gasteiger charge is 2.22. The molecule has 1 aromatic carbocycles. The summed E-state index contributed by atoms with van der Waals surface area (Å²) in [6.45, 7) is 5.36. The number of nitro groups is 1. The number of rotatable bonds is 2. The van der Waals surface area contributed by atoms with Crippen LogP contribution in [-0.4, -0.2) is 36.1 Å². The highest BCUT2D eigenvalue weighted by molar-refractivity contribution is 7.18. The van der Waals surface area contributed by atoms with E-state index in [1.165, 1.54) is 11.3 Å². The minimum Gasteiger partial charge on any atom is -0.365 e. The Bertz CT molecular complexity index is 647. The van der Waals surface area contributed by atoms with Crippen molar-refractivity contribution in [3.8, 4) is 0 Å². The number of aromatic nitrogens is 1. The van der Waals surface area contributed by atoms with Crippen molar-refractivity contribution in [2.24, 2.45) is 0 Å². The monoisotopic (exact) mass is 292 g/mol. The van der Waals surface area contributed by atoms with Crippen molar-refractivity contribution in [3.05, 3.63) is 27.3 Å². The summed E-state index contributed by atoms with van der Waals surface area (Å²) in [6.07, 6.45) is 0.991. The van der Waals surface area contributed by atoms with Crippen molar-refractivity contribution in [3.63, 3.8) is 0 Å². The first-order valence-electron chi connectivity index (χ1n) is 6.66. The first-order chi connectivity index (χ1) is 9.65. The molecule has 0 spiro atoms. The zero-order valence-electron chi connectivity index (χ0n) is 11.3. The molecule has 6 nitrogen and oxygen atoms in total. The molecule has 0 atom stereocenters. The van der Waals surface area contributed by atoms with E-state index in [0.717, 1.165) is 47.8 Å². The Labute approximate surface area is 120 Å². The van der Waals surface area contributed by atoms with Crippen molar-refractivity contribution in [1.82, 2.24) is 10.3 Å². The molecule has 2 aromatic rings. The molecular weight excluding hydrogens is 276 g/mol. The van der Waals surface area contributed by atoms with Gasteiger partial charge in [-0.15, -0.1) is 11.3 Å². The van der Waals surface area contributed by atoms with Crippen LogP contribution >= 0.6 is 11.3 Å². The van der Waals surface area contributed by atoms with E-state index in [2.05, 4.69) is 15.2 Å². The van der Waals surface area contributed by atoms with Gasteiger partial charge in [0, 0.05) is 25.7 Å². The number of anilines is 1. The van der Waals surface area contributed by atoms with E-state index in [9.17, 15) is 10.1 Å². The maximum atomic E-state index is 11.3. The lowest BCUT2D eigenvalue weighted by molar-refractivity contribution is -0.384. The van der Waals surface area contributed by atoms with Gasteiger partial charge in [-0.2, -0.15) is 0 Å². The van der Waals surface area contributed by atoms with E-state index in [4.69, 9.17) is 0 Å². The van der Waals surface area contributed by atoms with Gasteiger partial charge in [-0.05, 0) is 26.0 Å². The fraction of sp³-hybridized carbons (Fsp3) is 0.462. The Morgan fingerprint density at radius 3 is 3.05 bits per heavy atom. The van der Waals surface area contributed by atoms with Gasteiger partial charge in [-0.25, -0.2) is 4.98 Å². The zero-order valence-corrected chi connectivity index (χ0v) is 12.1. The summed E-state index contributed by atoms with van der Waals surface area (Å²) in [6, 6.07) is 3.52. The minimum atomic E-state index is -0.290. The van der Waals surface area contributed by atoms with Crippen LogP contribution < -0.4 is 10.2 Å². The maximum Gasteiger partial charge on any atom is 0.294 e. The van der Waals surface area contributed by atoms with Crippen LogP contribution in [-0.2, 0) is 0 Å². The number of benzene rings is 1. The summed E-state index contributed by atoms with van der Waals surface area (Å²) in [7, 11) is 0. The molecule has 1 aliphatic rings. The van der Waals surface area contributed by atoms with Crippen LogP contribution in [0.3, 0.4) is 0 Å². The van der Waals surface area contributed by atoms with Crippen LogP contribution in [0.5, 0.6) is 0 Å². The van der Waals surface area contributed by atoms with Gasteiger partial charge in [-0.3, -0.25) is 10.1 Å². The van der Waals surface area contributed by atoms with Crippen LogP contribution in [0, 0.1) is 17.0 Å². The molecule has 0 bridgehead atoms. The lowest BCUT2D eigenvalue weighted by Gasteiger charge is -2.21. The number of hydrogen-bond acceptors (Lipinski definition) is 6. The van der Waals surface area contributed by atoms with E-state index in [1.54, 1.807) is 6.07 Å². The Morgan fingerprint density at radius 1 is 1.40 bits per heavy atom. The van der Waals surface area contributed by atoms with Crippen LogP contribution in [0.25, 0.3) is 10.2 Å². The summed E-state index contributed by atoms with van der Waals surface area (Å²) >= 11 is 1.50. The molecule has 0 saturated carbocycles. The molecule has 7 heteroatoms. The molecule has 20 heavy (non-hydrogen) atoms. The van der Waals surface area contributed by atoms with E-state index >= 15 is 0 Å². The molecule has 0 aliphatic carbocycles. The molecule has 106 valence electrons. The summed E-state index contributed by atoms with van der Waals surface area (Å²) in [4.78, 5) is 17.6. The van der Waals surface area contributed by atoms with Gasteiger partial charge in [0.05, 0.1) is 20.1 Å². The molecule has 0 unspecified atom stereocenters. The SMILES string of the molecule is Cc1nc2cc(N3CCCNCC3)c([N+](=O)[O-])cc2s1. The molecule has 3 rings (SSSR count). The standard InChI is InChI=1S/C13H16N4O2S/c1-9-15-10-7-11(16-5-2-3-14-4-6-16)12(17(18)19)8-13(10)20-9/h7-8,14H,2-6H2,1H3. The molecule has 1 fully saturated rings. The van der Waals surface area contributed by atoms with Crippen molar-refractivity contribution >= 4 is 32.9 Å². The third-order valence-corrected chi connectivity index (χ3v) is 4.40. The van der Waals surface area contributed by atoms with Crippen molar-refractivity contribution in [1.29, 1.82) is 0 Å². The second kappa shape index (κ2) is 5.34. The number of aryl methyl sites for hydroxylation is 1. The lowest BCUT2D eigenvalue weighted by Crippen LogP contribution is -2.28. The quantitative estimate of drug-likeness (QED) is 0.679. The van der Waals surface area contributed by atoms with Gasteiger partial charge in [-0.1, -0.05) is 0 Å². The molecule has 1 aromatic heterocycles. The molecular formula is C13H16N4O2S. The average Bonchev–Trinajstić information content (AvgIpc) is 2.63. The predicted octanol–water partition coefficient (Wildman–Crippen LogP) is 2.31. The normalized spacial score (nSPS) is 16.4. The Balaban J connectivity index is 2.10. The molecule has 1 saturated heterocycles. The fourth-order valence-corrected chi connectivity index (χ4v) is 3.40. The first-order valence-corrected chi connectivity index (χ1v) is 7.48. The van der Waals surface area contributed by atoms with Gasteiger partial charge in [0.15, 0.2) is 0 Å². The Kier molecular flexibility index (Phi) is 3.54. The fourth-order valence-electron chi connectivity index (χ4n) is 2.55. The van der Waals surface area contributed by atoms with Crippen LogP contribution in [0.15, 0.2) is 12.1 Å². The second-order valence-electron chi connectivity index (χ2n) is 4.89. The molecule has 0 radical (unpaired) electrons. The van der Waals surface area contributed by atoms with Gasteiger partial charge < -0.3 is 10.2 Å². The number of fused-ring (bicyclic) bond motifs is 1. The highest BCUT2D eigenvalue weighted by Crippen LogP contribution is 2.35. The van der Waals surface area contributed by atoms with Crippen LogP contribution in [0.1, 0.15) is 11.4 Å². The topological polar surface area (TPSA) is 71.3 Å². The summed E-state index contributed by atoms with van der Waals surface area (Å²) < 4.78 is 0.880. The third kappa shape index (κ3) is 2.46. The van der Waals surface area contributed by atoms with Gasteiger partial charge in [0.1, 0.15) is 5.69 Å². The van der Waals surface area contributed by atoms with E-state index in [1.807, 2.05) is 13.0 Å². The first kappa shape index (κ1) is 13.3. The van der Waals surface area contributed by atoms with Crippen LogP contribution in [0.4, 0.5) is 11.4 Å². The molecule has 1 aliphatic heterocycles. The number of nitrogens with one attached hydrogen (secondary N) is 1. The van der Waals surface area contributed by atoms with Crippen molar-refractivity contribution in [2.75, 3.05) is 31.1 Å². The predicted molar refractivity (Wildman–Crippen MR) is 80.7 cm³/mol. The Morgan fingerprint density at radius 2 is 2.25 bits per heavy atom. The number of thiazole rings is 1. The van der Waals surface area contributed by atoms with Crippen LogP contribution in [0.2, 0.25) is 0 Å². The maximum absolute atomic E-state index is 11.3.